The third-order valence-corrected chi connectivity index (χ3v) is 4.46. The van der Waals surface area contributed by atoms with Gasteiger partial charge in [-0.2, -0.15) is 0 Å². The highest BCUT2D eigenvalue weighted by Crippen LogP contribution is 2.26. The Labute approximate surface area is 125 Å². The number of aryl methyl sites for hydroxylation is 1. The van der Waals surface area contributed by atoms with Gasteiger partial charge in [0.2, 0.25) is 0 Å². The minimum atomic E-state index is -0.325. The summed E-state index contributed by atoms with van der Waals surface area (Å²) in [5.74, 6) is 0.594. The van der Waals surface area contributed by atoms with E-state index < -0.39 is 0 Å². The molecule has 1 aliphatic carbocycles. The molecule has 0 amide bonds. The summed E-state index contributed by atoms with van der Waals surface area (Å²) < 4.78 is 0. The van der Waals surface area contributed by atoms with Gasteiger partial charge < -0.3 is 10.4 Å². The average molecular weight is 292 g/mol. The zero-order valence-corrected chi connectivity index (χ0v) is 12.7. The van der Waals surface area contributed by atoms with Crippen LogP contribution in [-0.2, 0) is 0 Å². The summed E-state index contributed by atoms with van der Waals surface area (Å²) in [5, 5.41) is 24.0. The Hall–Kier alpha value is -1.46. The van der Waals surface area contributed by atoms with Crippen LogP contribution in [0.4, 0.5) is 5.69 Å². The molecular weight excluding hydrogens is 268 g/mol. The lowest BCUT2D eigenvalue weighted by atomic mass is 9.87. The topological polar surface area (TPSA) is 75.4 Å². The Morgan fingerprint density at radius 2 is 2.05 bits per heavy atom. The van der Waals surface area contributed by atoms with Gasteiger partial charge in [-0.15, -0.1) is 0 Å². The largest absolute Gasteiger partial charge is 0.393 e. The number of hydrogen-bond acceptors (Lipinski definition) is 4. The maximum atomic E-state index is 11.0. The number of nitrogens with zero attached hydrogens (tertiary/aromatic N) is 1. The fourth-order valence-electron chi connectivity index (χ4n) is 2.90. The molecule has 2 rings (SSSR count). The number of aliphatic hydroxyl groups is 1. The van der Waals surface area contributed by atoms with E-state index in [1.165, 1.54) is 0 Å². The molecule has 5 heteroatoms. The lowest BCUT2D eigenvalue weighted by molar-refractivity contribution is -0.385. The second-order valence-corrected chi connectivity index (χ2v) is 6.11. The Balaban J connectivity index is 1.92. The number of nitro benzene ring substituents is 1. The van der Waals surface area contributed by atoms with Crippen LogP contribution in [0.1, 0.15) is 49.8 Å². The van der Waals surface area contributed by atoms with Gasteiger partial charge in [0.25, 0.3) is 5.69 Å². The molecule has 0 aliphatic heterocycles. The molecule has 0 radical (unpaired) electrons. The molecule has 1 unspecified atom stereocenters. The number of nitrogens with one attached hydrogen (secondary N) is 1. The molecule has 21 heavy (non-hydrogen) atoms. The molecule has 2 N–H and O–H groups in total. The Bertz CT molecular complexity index is 496. The van der Waals surface area contributed by atoms with Crippen molar-refractivity contribution in [2.24, 2.45) is 5.92 Å². The molecule has 1 saturated carbocycles. The first-order valence-corrected chi connectivity index (χ1v) is 7.63. The Kier molecular flexibility index (Phi) is 5.31. The van der Waals surface area contributed by atoms with Crippen LogP contribution in [0, 0.1) is 23.0 Å². The van der Waals surface area contributed by atoms with Crippen molar-refractivity contribution in [1.82, 2.24) is 5.32 Å². The summed E-state index contributed by atoms with van der Waals surface area (Å²) in [5.41, 5.74) is 1.82. The molecule has 1 aliphatic rings. The maximum Gasteiger partial charge on any atom is 0.272 e. The van der Waals surface area contributed by atoms with Gasteiger partial charge in [-0.05, 0) is 57.6 Å². The SMILES string of the molecule is Cc1ccc(C(C)NCC2CCC(O)CC2)cc1[N+](=O)[O-]. The molecular formula is C16H24N2O3. The van der Waals surface area contributed by atoms with Crippen molar-refractivity contribution in [3.63, 3.8) is 0 Å². The highest BCUT2D eigenvalue weighted by Gasteiger charge is 2.20. The summed E-state index contributed by atoms with van der Waals surface area (Å²) in [7, 11) is 0. The van der Waals surface area contributed by atoms with Crippen LogP contribution in [0.5, 0.6) is 0 Å². The lowest BCUT2D eigenvalue weighted by Gasteiger charge is -2.27. The summed E-state index contributed by atoms with van der Waals surface area (Å²) in [6, 6.07) is 5.52. The van der Waals surface area contributed by atoms with Crippen LogP contribution in [0.3, 0.4) is 0 Å². The van der Waals surface area contributed by atoms with E-state index in [1.807, 2.05) is 19.1 Å². The molecule has 0 aromatic heterocycles. The normalized spacial score (nSPS) is 23.8. The quantitative estimate of drug-likeness (QED) is 0.646. The minimum absolute atomic E-state index is 0.0937. The molecule has 116 valence electrons. The predicted molar refractivity (Wildman–Crippen MR) is 82.2 cm³/mol. The highest BCUT2D eigenvalue weighted by molar-refractivity contribution is 5.43. The van der Waals surface area contributed by atoms with Gasteiger partial charge in [-0.3, -0.25) is 10.1 Å². The number of hydrogen-bond donors (Lipinski definition) is 2. The van der Waals surface area contributed by atoms with Crippen molar-refractivity contribution < 1.29 is 10.0 Å². The second-order valence-electron chi connectivity index (χ2n) is 6.11. The fraction of sp³-hybridized carbons (Fsp3) is 0.625. The van der Waals surface area contributed by atoms with Crippen molar-refractivity contribution in [2.45, 2.75) is 51.7 Å². The molecule has 0 saturated heterocycles. The van der Waals surface area contributed by atoms with Gasteiger partial charge in [0.15, 0.2) is 0 Å². The van der Waals surface area contributed by atoms with Crippen LogP contribution in [-0.4, -0.2) is 22.7 Å². The van der Waals surface area contributed by atoms with E-state index in [0.717, 1.165) is 37.8 Å². The van der Waals surface area contributed by atoms with Crippen molar-refractivity contribution in [1.29, 1.82) is 0 Å². The van der Waals surface area contributed by atoms with Crippen LogP contribution in [0.2, 0.25) is 0 Å². The van der Waals surface area contributed by atoms with E-state index in [0.29, 0.717) is 11.5 Å². The summed E-state index contributed by atoms with van der Waals surface area (Å²) in [6.07, 6.45) is 3.75. The zero-order valence-electron chi connectivity index (χ0n) is 12.7. The molecule has 1 aromatic carbocycles. The lowest BCUT2D eigenvalue weighted by Crippen LogP contribution is -2.29. The van der Waals surface area contributed by atoms with Crippen LogP contribution < -0.4 is 5.32 Å². The fourth-order valence-corrected chi connectivity index (χ4v) is 2.90. The van der Waals surface area contributed by atoms with Gasteiger partial charge in [0.05, 0.1) is 11.0 Å². The summed E-state index contributed by atoms with van der Waals surface area (Å²) in [4.78, 5) is 10.7. The smallest absolute Gasteiger partial charge is 0.272 e. The molecule has 0 bridgehead atoms. The van der Waals surface area contributed by atoms with E-state index in [4.69, 9.17) is 0 Å². The van der Waals surface area contributed by atoms with Gasteiger partial charge in [-0.1, -0.05) is 12.1 Å². The molecule has 1 atom stereocenters. The van der Waals surface area contributed by atoms with E-state index in [1.54, 1.807) is 13.0 Å². The van der Waals surface area contributed by atoms with E-state index >= 15 is 0 Å². The van der Waals surface area contributed by atoms with Crippen LogP contribution >= 0.6 is 0 Å². The zero-order chi connectivity index (χ0) is 15.4. The van der Waals surface area contributed by atoms with Gasteiger partial charge >= 0.3 is 0 Å². The Morgan fingerprint density at radius 1 is 1.38 bits per heavy atom. The predicted octanol–water partition coefficient (Wildman–Crippen LogP) is 3.10. The van der Waals surface area contributed by atoms with E-state index in [9.17, 15) is 15.2 Å². The van der Waals surface area contributed by atoms with Gasteiger partial charge in [0, 0.05) is 17.7 Å². The molecule has 5 nitrogen and oxygen atoms in total. The molecule has 1 fully saturated rings. The standard InChI is InChI=1S/C16H24N2O3/c1-11-3-6-14(9-16(11)18(20)21)12(2)17-10-13-4-7-15(19)8-5-13/h3,6,9,12-13,15,17,19H,4-5,7-8,10H2,1-2H3. The van der Waals surface area contributed by atoms with Gasteiger partial charge in [-0.25, -0.2) is 0 Å². The van der Waals surface area contributed by atoms with Crippen molar-refractivity contribution in [3.05, 3.63) is 39.4 Å². The van der Waals surface area contributed by atoms with E-state index in [-0.39, 0.29) is 22.8 Å². The maximum absolute atomic E-state index is 11.0. The molecule has 0 heterocycles. The van der Waals surface area contributed by atoms with Crippen LogP contribution in [0.15, 0.2) is 18.2 Å². The monoisotopic (exact) mass is 292 g/mol. The minimum Gasteiger partial charge on any atom is -0.393 e. The second kappa shape index (κ2) is 7.00. The van der Waals surface area contributed by atoms with Crippen LogP contribution in [0.25, 0.3) is 0 Å². The third kappa shape index (κ3) is 4.25. The van der Waals surface area contributed by atoms with Crippen molar-refractivity contribution >= 4 is 5.69 Å². The molecule has 0 spiro atoms. The average Bonchev–Trinajstić information content (AvgIpc) is 2.46. The van der Waals surface area contributed by atoms with Gasteiger partial charge in [0.1, 0.15) is 0 Å². The Morgan fingerprint density at radius 3 is 2.67 bits per heavy atom. The van der Waals surface area contributed by atoms with E-state index in [2.05, 4.69) is 5.32 Å². The number of benzene rings is 1. The van der Waals surface area contributed by atoms with Crippen molar-refractivity contribution in [2.75, 3.05) is 6.54 Å². The first kappa shape index (κ1) is 15.9. The summed E-state index contributed by atoms with van der Waals surface area (Å²) in [6.45, 7) is 4.69. The molecule has 1 aromatic rings. The number of aliphatic hydroxyl groups excluding tert-OH is 1. The third-order valence-electron chi connectivity index (χ3n) is 4.46. The number of nitro groups is 1. The highest BCUT2D eigenvalue weighted by atomic mass is 16.6. The first-order valence-electron chi connectivity index (χ1n) is 7.63. The summed E-state index contributed by atoms with van der Waals surface area (Å²) >= 11 is 0. The first-order chi connectivity index (χ1) is 9.97. The number of rotatable bonds is 5. The van der Waals surface area contributed by atoms with Crippen molar-refractivity contribution in [3.8, 4) is 0 Å².